The maximum Gasteiger partial charge on any atom is 0.273 e. The van der Waals surface area contributed by atoms with Crippen molar-refractivity contribution in [3.8, 4) is 11.1 Å². The van der Waals surface area contributed by atoms with E-state index in [0.717, 1.165) is 41.2 Å². The van der Waals surface area contributed by atoms with Gasteiger partial charge in [0, 0.05) is 43.3 Å². The predicted molar refractivity (Wildman–Crippen MR) is 119 cm³/mol. The number of nitrogens with one attached hydrogen (secondary N) is 1. The number of morpholine rings is 1. The fraction of sp³-hybridized carbons (Fsp3) is 0.375. The van der Waals surface area contributed by atoms with E-state index in [1.165, 1.54) is 0 Å². The highest BCUT2D eigenvalue weighted by atomic mass is 16.5. The molecule has 1 aliphatic rings. The van der Waals surface area contributed by atoms with Crippen LogP contribution in [0.5, 0.6) is 0 Å². The van der Waals surface area contributed by atoms with E-state index in [1.807, 2.05) is 19.2 Å². The van der Waals surface area contributed by atoms with Gasteiger partial charge in [-0.3, -0.25) is 9.78 Å². The summed E-state index contributed by atoms with van der Waals surface area (Å²) in [4.78, 5) is 19.2. The third-order valence-electron chi connectivity index (χ3n) is 5.38. The topological polar surface area (TPSA) is 80.5 Å². The lowest BCUT2D eigenvalue weighted by molar-refractivity contribution is -0.00522. The molecular formula is C24H28N4O3. The number of carbonyl (C=O) groups excluding carboxylic acids is 1. The molecule has 3 heterocycles. The maximum absolute atomic E-state index is 12.5. The molecule has 0 bridgehead atoms. The Morgan fingerprint density at radius 3 is 2.58 bits per heavy atom. The number of aryl methyl sites for hydroxylation is 2. The molecule has 2 aromatic heterocycles. The zero-order valence-corrected chi connectivity index (χ0v) is 18.4. The monoisotopic (exact) mass is 420 g/mol. The summed E-state index contributed by atoms with van der Waals surface area (Å²) in [7, 11) is 0. The Morgan fingerprint density at radius 1 is 1.13 bits per heavy atom. The molecule has 1 aromatic carbocycles. The van der Waals surface area contributed by atoms with Gasteiger partial charge < -0.3 is 19.5 Å². The zero-order chi connectivity index (χ0) is 22.0. The van der Waals surface area contributed by atoms with Crippen molar-refractivity contribution in [3.63, 3.8) is 0 Å². The van der Waals surface area contributed by atoms with Gasteiger partial charge in [-0.15, -0.1) is 0 Å². The molecule has 0 aliphatic carbocycles. The van der Waals surface area contributed by atoms with E-state index < -0.39 is 0 Å². The van der Waals surface area contributed by atoms with Gasteiger partial charge in [0.05, 0.1) is 12.2 Å². The summed E-state index contributed by atoms with van der Waals surface area (Å²) in [6, 6.07) is 12.1. The number of carbonyl (C=O) groups is 1. The van der Waals surface area contributed by atoms with Crippen LogP contribution < -0.4 is 10.2 Å². The molecule has 1 N–H and O–H groups in total. The molecule has 1 saturated heterocycles. The van der Waals surface area contributed by atoms with E-state index in [-0.39, 0.29) is 23.8 Å². The lowest BCUT2D eigenvalue weighted by Gasteiger charge is -2.37. The first-order valence-electron chi connectivity index (χ1n) is 10.6. The number of hydrogen-bond donors (Lipinski definition) is 1. The number of amides is 1. The molecule has 1 aliphatic heterocycles. The number of nitrogens with zero attached hydrogens (tertiary/aromatic N) is 3. The molecule has 0 radical (unpaired) electrons. The minimum Gasteiger partial charge on any atom is -0.372 e. The van der Waals surface area contributed by atoms with Crippen molar-refractivity contribution in [3.05, 3.63) is 65.3 Å². The SMILES string of the molecule is Cc1cc(-c2ccc(N3C[C@@H](C)O[C@@H](C)C3)cc2CNC(=O)c2cc(C)on2)ccn1. The second-order valence-corrected chi connectivity index (χ2v) is 8.20. The first-order chi connectivity index (χ1) is 14.9. The van der Waals surface area contributed by atoms with Gasteiger partial charge in [-0.2, -0.15) is 0 Å². The van der Waals surface area contributed by atoms with E-state index in [2.05, 4.69) is 58.5 Å². The van der Waals surface area contributed by atoms with E-state index in [0.29, 0.717) is 12.3 Å². The van der Waals surface area contributed by atoms with Crippen LogP contribution in [0.2, 0.25) is 0 Å². The van der Waals surface area contributed by atoms with Crippen LogP contribution in [0.1, 0.15) is 41.4 Å². The lowest BCUT2D eigenvalue weighted by atomic mass is 9.98. The van der Waals surface area contributed by atoms with Gasteiger partial charge in [0.15, 0.2) is 5.69 Å². The number of benzene rings is 1. The minimum absolute atomic E-state index is 0.171. The second kappa shape index (κ2) is 8.89. The van der Waals surface area contributed by atoms with E-state index in [9.17, 15) is 4.79 Å². The summed E-state index contributed by atoms with van der Waals surface area (Å²) in [5.74, 6) is 0.350. The van der Waals surface area contributed by atoms with E-state index >= 15 is 0 Å². The molecule has 162 valence electrons. The quantitative estimate of drug-likeness (QED) is 0.674. The predicted octanol–water partition coefficient (Wildman–Crippen LogP) is 3.90. The lowest BCUT2D eigenvalue weighted by Crippen LogP contribution is -2.45. The summed E-state index contributed by atoms with van der Waals surface area (Å²) in [5, 5.41) is 6.79. The molecule has 3 aromatic rings. The number of rotatable bonds is 5. The fourth-order valence-corrected chi connectivity index (χ4v) is 4.05. The van der Waals surface area contributed by atoms with Crippen molar-refractivity contribution in [1.29, 1.82) is 0 Å². The highest BCUT2D eigenvalue weighted by molar-refractivity contribution is 5.92. The molecule has 2 atom stereocenters. The second-order valence-electron chi connectivity index (χ2n) is 8.20. The third kappa shape index (κ3) is 4.94. The van der Waals surface area contributed by atoms with Crippen molar-refractivity contribution >= 4 is 11.6 Å². The Balaban J connectivity index is 1.64. The van der Waals surface area contributed by atoms with Crippen LogP contribution in [0.25, 0.3) is 11.1 Å². The standard InChI is InChI=1S/C24H28N4O3/c1-15-9-19(7-8-25-15)22-6-5-21(28-13-17(3)30-18(4)14-28)11-20(22)12-26-24(29)23-10-16(2)31-27-23/h5-11,17-18H,12-14H2,1-4H3,(H,26,29)/t17-,18+. The maximum atomic E-state index is 12.5. The summed E-state index contributed by atoms with van der Waals surface area (Å²) in [6.45, 7) is 9.98. The molecule has 1 fully saturated rings. The van der Waals surface area contributed by atoms with Crippen LogP contribution in [0.15, 0.2) is 47.1 Å². The van der Waals surface area contributed by atoms with Crippen LogP contribution in [0, 0.1) is 13.8 Å². The molecule has 1 amide bonds. The Kier molecular flexibility index (Phi) is 6.04. The average Bonchev–Trinajstić information content (AvgIpc) is 3.17. The van der Waals surface area contributed by atoms with Crippen molar-refractivity contribution in [2.45, 2.75) is 46.4 Å². The van der Waals surface area contributed by atoms with Crippen molar-refractivity contribution in [1.82, 2.24) is 15.5 Å². The number of aromatic nitrogens is 2. The van der Waals surface area contributed by atoms with Gasteiger partial charge in [0.2, 0.25) is 0 Å². The molecular weight excluding hydrogens is 392 g/mol. The summed E-state index contributed by atoms with van der Waals surface area (Å²) >= 11 is 0. The molecule has 0 spiro atoms. The highest BCUT2D eigenvalue weighted by Crippen LogP contribution is 2.30. The zero-order valence-electron chi connectivity index (χ0n) is 18.4. The first-order valence-corrected chi connectivity index (χ1v) is 10.6. The van der Waals surface area contributed by atoms with Crippen molar-refractivity contribution < 1.29 is 14.1 Å². The Hall–Kier alpha value is -3.19. The largest absolute Gasteiger partial charge is 0.372 e. The van der Waals surface area contributed by atoms with Gasteiger partial charge in [0.25, 0.3) is 5.91 Å². The number of hydrogen-bond acceptors (Lipinski definition) is 6. The summed E-state index contributed by atoms with van der Waals surface area (Å²) < 4.78 is 10.9. The van der Waals surface area contributed by atoms with Gasteiger partial charge in [0.1, 0.15) is 5.76 Å². The van der Waals surface area contributed by atoms with Crippen LogP contribution in [-0.2, 0) is 11.3 Å². The Morgan fingerprint density at radius 2 is 1.90 bits per heavy atom. The molecule has 0 saturated carbocycles. The molecule has 7 nitrogen and oxygen atoms in total. The number of anilines is 1. The van der Waals surface area contributed by atoms with Gasteiger partial charge >= 0.3 is 0 Å². The number of ether oxygens (including phenoxy) is 1. The van der Waals surface area contributed by atoms with E-state index in [1.54, 1.807) is 13.0 Å². The van der Waals surface area contributed by atoms with Crippen molar-refractivity contribution in [2.24, 2.45) is 0 Å². The third-order valence-corrected chi connectivity index (χ3v) is 5.38. The summed E-state index contributed by atoms with van der Waals surface area (Å²) in [6.07, 6.45) is 2.15. The molecule has 7 heteroatoms. The van der Waals surface area contributed by atoms with Gasteiger partial charge in [-0.25, -0.2) is 0 Å². The Bertz CT molecular complexity index is 1070. The van der Waals surface area contributed by atoms with Gasteiger partial charge in [-0.1, -0.05) is 11.2 Å². The first kappa shape index (κ1) is 21.1. The Labute approximate surface area is 182 Å². The minimum atomic E-state index is -0.257. The fourth-order valence-electron chi connectivity index (χ4n) is 4.05. The van der Waals surface area contributed by atoms with Crippen LogP contribution >= 0.6 is 0 Å². The van der Waals surface area contributed by atoms with Crippen LogP contribution in [0.3, 0.4) is 0 Å². The molecule has 0 unspecified atom stereocenters. The average molecular weight is 421 g/mol. The number of pyridine rings is 1. The van der Waals surface area contributed by atoms with Crippen LogP contribution in [0.4, 0.5) is 5.69 Å². The molecule has 4 rings (SSSR count). The van der Waals surface area contributed by atoms with Crippen molar-refractivity contribution in [2.75, 3.05) is 18.0 Å². The van der Waals surface area contributed by atoms with Gasteiger partial charge in [-0.05, 0) is 68.7 Å². The van der Waals surface area contributed by atoms with Crippen LogP contribution in [-0.4, -0.2) is 41.3 Å². The normalized spacial score (nSPS) is 18.8. The highest BCUT2D eigenvalue weighted by Gasteiger charge is 2.23. The summed E-state index contributed by atoms with van der Waals surface area (Å²) in [5.41, 5.74) is 5.53. The smallest absolute Gasteiger partial charge is 0.273 e. The molecule has 31 heavy (non-hydrogen) atoms. The van der Waals surface area contributed by atoms with E-state index in [4.69, 9.17) is 9.26 Å².